The zero-order valence-electron chi connectivity index (χ0n) is 40.0. The van der Waals surface area contributed by atoms with Gasteiger partial charge in [0.15, 0.2) is 0 Å². The van der Waals surface area contributed by atoms with Crippen molar-refractivity contribution in [1.82, 2.24) is 14.7 Å². The Morgan fingerprint density at radius 3 is 1.63 bits per heavy atom. The van der Waals surface area contributed by atoms with Crippen molar-refractivity contribution < 1.29 is 0 Å². The molecule has 5 aliphatic carbocycles. The number of nitrogens with zero attached hydrogens (tertiary/aromatic N) is 5. The fraction of sp³-hybridized carbons (Fsp3) is 0.533. The lowest BCUT2D eigenvalue weighted by atomic mass is 9.63. The van der Waals surface area contributed by atoms with Gasteiger partial charge in [0.25, 0.3) is 0 Å². The molecule has 5 aliphatic heterocycles. The van der Waals surface area contributed by atoms with Gasteiger partial charge in [0.05, 0.1) is 41.6 Å². The lowest BCUT2D eigenvalue weighted by Crippen LogP contribution is -2.70. The van der Waals surface area contributed by atoms with Crippen LogP contribution >= 0.6 is 0 Å². The number of hydrogen-bond acceptors (Lipinski definition) is 5. The third-order valence-electron chi connectivity index (χ3n) is 19.2. The minimum absolute atomic E-state index is 0.206. The van der Waals surface area contributed by atoms with Crippen molar-refractivity contribution in [3.05, 3.63) is 142 Å². The molecular formula is C60H71N5. The molecule has 0 N–H and O–H groups in total. The molecule has 336 valence electrons. The molecule has 65 heavy (non-hydrogen) atoms. The summed E-state index contributed by atoms with van der Waals surface area (Å²) in [7, 11) is 0. The van der Waals surface area contributed by atoms with Crippen LogP contribution in [0.4, 0.5) is 11.4 Å². The van der Waals surface area contributed by atoms with Crippen LogP contribution in [-0.4, -0.2) is 57.0 Å². The number of anilines is 2. The first-order chi connectivity index (χ1) is 31.7. The fourth-order valence-electron chi connectivity index (χ4n) is 16.6. The van der Waals surface area contributed by atoms with E-state index in [9.17, 15) is 0 Å². The summed E-state index contributed by atoms with van der Waals surface area (Å²) < 4.78 is 0. The summed E-state index contributed by atoms with van der Waals surface area (Å²) in [5, 5.41) is 0. The van der Waals surface area contributed by atoms with E-state index >= 15 is 0 Å². The van der Waals surface area contributed by atoms with E-state index in [1.165, 1.54) is 105 Å². The molecule has 0 spiro atoms. The topological polar surface area (TPSA) is 16.2 Å². The molecule has 3 aromatic rings. The number of fused-ring (bicyclic) bond motifs is 9. The number of hydrogen-bond donors (Lipinski definition) is 0. The zero-order chi connectivity index (χ0) is 43.9. The summed E-state index contributed by atoms with van der Waals surface area (Å²) in [6.07, 6.45) is 22.0. The highest BCUT2D eigenvalue weighted by molar-refractivity contribution is 5.65. The summed E-state index contributed by atoms with van der Waals surface area (Å²) in [5.41, 5.74) is 12.4. The highest BCUT2D eigenvalue weighted by Gasteiger charge is 2.68. The van der Waals surface area contributed by atoms with E-state index in [-0.39, 0.29) is 11.3 Å². The van der Waals surface area contributed by atoms with E-state index in [2.05, 4.69) is 175 Å². The molecular weight excluding hydrogens is 791 g/mol. The molecule has 0 amide bonds. The van der Waals surface area contributed by atoms with Crippen LogP contribution in [-0.2, 0) is 0 Å². The molecule has 13 unspecified atom stereocenters. The molecule has 5 nitrogen and oxygen atoms in total. The van der Waals surface area contributed by atoms with Crippen molar-refractivity contribution >= 4 is 11.4 Å². The highest BCUT2D eigenvalue weighted by Crippen LogP contribution is 2.65. The standard InChI is InChI=1S/C60H71N5/c1-37-21-10-7-15-28-43(37)46-35-50-51(36-47(46)54-38(2)22-20-23-39(54)3)64-49-32-19-17-30-45(49)56-59(64)65-57-52(33-40(60(4,5)6)34-53(57)62(56)42-26-13-9-14-27-42)61(41-24-11-8-12-25-41)55-44-29-16-18-31-48(44)63(50)58(55)65/h7-14,20-27,40,43-53,57H,16-19,29-36H2,1-6H3. The second-order valence-corrected chi connectivity index (χ2v) is 23.3. The van der Waals surface area contributed by atoms with Gasteiger partial charge in [-0.05, 0) is 142 Å². The molecule has 5 heterocycles. The van der Waals surface area contributed by atoms with Crippen LogP contribution in [0.5, 0.6) is 0 Å². The Labute approximate surface area is 390 Å². The second kappa shape index (κ2) is 15.1. The largest absolute Gasteiger partial charge is 0.348 e. The van der Waals surface area contributed by atoms with Crippen molar-refractivity contribution in [1.29, 1.82) is 0 Å². The average Bonchev–Trinajstić information content (AvgIpc) is 3.68. The lowest BCUT2D eigenvalue weighted by Gasteiger charge is -2.62. The van der Waals surface area contributed by atoms with E-state index in [0.29, 0.717) is 71.9 Å². The van der Waals surface area contributed by atoms with Crippen LogP contribution in [0.1, 0.15) is 127 Å². The summed E-state index contributed by atoms with van der Waals surface area (Å²) in [4.78, 5) is 15.7. The first-order valence-electron chi connectivity index (χ1n) is 26.1. The summed E-state index contributed by atoms with van der Waals surface area (Å²) >= 11 is 0. The van der Waals surface area contributed by atoms with Crippen molar-refractivity contribution in [2.45, 2.75) is 167 Å². The quantitative estimate of drug-likeness (QED) is 0.242. The van der Waals surface area contributed by atoms with Gasteiger partial charge in [-0.2, -0.15) is 0 Å². The Morgan fingerprint density at radius 1 is 0.538 bits per heavy atom. The number of allylic oxidation sites excluding steroid dienone is 4. The maximum Gasteiger partial charge on any atom is 0.131 e. The van der Waals surface area contributed by atoms with Gasteiger partial charge in [0.1, 0.15) is 11.6 Å². The van der Waals surface area contributed by atoms with Gasteiger partial charge in [-0.15, -0.1) is 0 Å². The van der Waals surface area contributed by atoms with Gasteiger partial charge in [-0.25, -0.2) is 0 Å². The second-order valence-electron chi connectivity index (χ2n) is 23.3. The third-order valence-corrected chi connectivity index (χ3v) is 19.2. The Kier molecular flexibility index (Phi) is 9.40. The molecule has 13 rings (SSSR count). The summed E-state index contributed by atoms with van der Waals surface area (Å²) in [6, 6.07) is 33.7. The van der Waals surface area contributed by atoms with Crippen LogP contribution < -0.4 is 9.80 Å². The van der Waals surface area contributed by atoms with Crippen LogP contribution in [0, 0.1) is 60.7 Å². The zero-order valence-corrected chi connectivity index (χ0v) is 40.0. The number of rotatable bonds is 4. The van der Waals surface area contributed by atoms with Crippen molar-refractivity contribution in [2.75, 3.05) is 9.80 Å². The Hall–Kier alpha value is -4.82. The molecule has 1 saturated heterocycles. The Bertz CT molecular complexity index is 2550. The lowest BCUT2D eigenvalue weighted by molar-refractivity contribution is 0.00994. The van der Waals surface area contributed by atoms with E-state index in [1.54, 1.807) is 28.6 Å². The minimum Gasteiger partial charge on any atom is -0.348 e. The van der Waals surface area contributed by atoms with Gasteiger partial charge in [0, 0.05) is 41.2 Å². The SMILES string of the molecule is CC1=CC=CC#CC1C1CC2C(CC1c1c(C)cccc1C)N1C3=C(C4CCCCC41)N(c1ccccc1)C1CC(C(C)(C)C)CC4C1N3C1=C(C3CCCCC3N12)N4c1ccccc1. The van der Waals surface area contributed by atoms with Crippen LogP contribution in [0.2, 0.25) is 0 Å². The summed E-state index contributed by atoms with van der Waals surface area (Å²) in [6.45, 7) is 14.8. The first-order valence-corrected chi connectivity index (χ1v) is 26.1. The maximum atomic E-state index is 3.93. The average molecular weight is 862 g/mol. The van der Waals surface area contributed by atoms with Gasteiger partial charge in [-0.3, -0.25) is 0 Å². The van der Waals surface area contributed by atoms with Gasteiger partial charge in [0.2, 0.25) is 0 Å². The van der Waals surface area contributed by atoms with Gasteiger partial charge >= 0.3 is 0 Å². The normalized spacial score (nSPS) is 36.6. The Morgan fingerprint density at radius 2 is 1.08 bits per heavy atom. The molecule has 13 atom stereocenters. The summed E-state index contributed by atoms with van der Waals surface area (Å²) in [5.74, 6) is 13.5. The predicted molar refractivity (Wildman–Crippen MR) is 266 cm³/mol. The van der Waals surface area contributed by atoms with Gasteiger partial charge in [-0.1, -0.05) is 131 Å². The van der Waals surface area contributed by atoms with Gasteiger partial charge < -0.3 is 24.5 Å². The molecule has 0 bridgehead atoms. The van der Waals surface area contributed by atoms with Crippen LogP contribution in [0.25, 0.3) is 0 Å². The first kappa shape index (κ1) is 40.5. The van der Waals surface area contributed by atoms with Crippen LogP contribution in [0.15, 0.2) is 126 Å². The number of aryl methyl sites for hydroxylation is 2. The van der Waals surface area contributed by atoms with Crippen LogP contribution in [0.3, 0.4) is 0 Å². The molecule has 3 aromatic carbocycles. The van der Waals surface area contributed by atoms with E-state index in [1.807, 2.05) is 0 Å². The predicted octanol–water partition coefficient (Wildman–Crippen LogP) is 12.7. The minimum atomic E-state index is 0.206. The fourth-order valence-corrected chi connectivity index (χ4v) is 16.6. The van der Waals surface area contributed by atoms with E-state index in [0.717, 1.165) is 0 Å². The molecule has 5 heteroatoms. The van der Waals surface area contributed by atoms with E-state index < -0.39 is 0 Å². The van der Waals surface area contributed by atoms with Crippen molar-refractivity contribution in [2.24, 2.45) is 35.0 Å². The molecule has 5 fully saturated rings. The molecule has 0 radical (unpaired) electrons. The molecule has 0 aromatic heterocycles. The van der Waals surface area contributed by atoms with Crippen molar-refractivity contribution in [3.8, 4) is 11.8 Å². The highest BCUT2D eigenvalue weighted by atomic mass is 15.6. The smallest absolute Gasteiger partial charge is 0.131 e. The molecule has 10 aliphatic rings. The van der Waals surface area contributed by atoms with Crippen molar-refractivity contribution in [3.63, 3.8) is 0 Å². The Balaban J connectivity index is 1.11. The number of benzene rings is 3. The van der Waals surface area contributed by atoms with E-state index in [4.69, 9.17) is 0 Å². The third kappa shape index (κ3) is 5.89. The maximum absolute atomic E-state index is 3.93. The molecule has 4 saturated carbocycles. The monoisotopic (exact) mass is 862 g/mol. The number of para-hydroxylation sites is 2.